The quantitative estimate of drug-likeness (QED) is 0.567. The molecule has 0 unspecified atom stereocenters. The van der Waals surface area contributed by atoms with Crippen molar-refractivity contribution in [3.05, 3.63) is 53.5 Å². The van der Waals surface area contributed by atoms with Crippen molar-refractivity contribution in [1.82, 2.24) is 4.72 Å². The fraction of sp³-hybridized carbons (Fsp3) is 0.348. The summed E-state index contributed by atoms with van der Waals surface area (Å²) in [6.07, 6.45) is 1.20. The van der Waals surface area contributed by atoms with Crippen LogP contribution in [-0.2, 0) is 16.4 Å². The van der Waals surface area contributed by atoms with E-state index in [2.05, 4.69) is 0 Å². The molecule has 2 aromatic carbocycles. The average Bonchev–Trinajstić information content (AvgIpc) is 3.10. The van der Waals surface area contributed by atoms with E-state index < -0.39 is 21.7 Å². The number of aryl methyl sites for hydroxylation is 1. The molecule has 0 saturated carbocycles. The van der Waals surface area contributed by atoms with E-state index in [1.165, 1.54) is 12.1 Å². The minimum atomic E-state index is -4.28. The van der Waals surface area contributed by atoms with E-state index >= 15 is 0 Å². The molecular formula is C23H25FN2O5S. The highest BCUT2D eigenvalue weighted by atomic mass is 32.2. The third-order valence-corrected chi connectivity index (χ3v) is 6.77. The number of fused-ring (bicyclic) bond motifs is 1. The summed E-state index contributed by atoms with van der Waals surface area (Å²) in [5, 5.41) is 0.120. The van der Waals surface area contributed by atoms with Crippen LogP contribution in [0.15, 0.2) is 45.7 Å². The molecule has 1 saturated heterocycles. The Balaban J connectivity index is 1.66. The summed E-state index contributed by atoms with van der Waals surface area (Å²) in [4.78, 5) is 14.7. The van der Waals surface area contributed by atoms with E-state index in [4.69, 9.17) is 9.15 Å². The van der Waals surface area contributed by atoms with Crippen LogP contribution in [0.25, 0.3) is 11.0 Å². The van der Waals surface area contributed by atoms with Gasteiger partial charge in [0, 0.05) is 30.9 Å². The molecule has 7 nitrogen and oxygen atoms in total. The van der Waals surface area contributed by atoms with Gasteiger partial charge in [-0.15, -0.1) is 0 Å². The van der Waals surface area contributed by atoms with Crippen LogP contribution >= 0.6 is 0 Å². The van der Waals surface area contributed by atoms with Crippen LogP contribution in [0.5, 0.6) is 5.75 Å². The first-order valence-corrected chi connectivity index (χ1v) is 12.0. The first kappa shape index (κ1) is 22.1. The van der Waals surface area contributed by atoms with Crippen molar-refractivity contribution in [2.24, 2.45) is 0 Å². The maximum absolute atomic E-state index is 14.6. The molecule has 4 rings (SSSR count). The Hall–Kier alpha value is -3.07. The minimum Gasteiger partial charge on any atom is -0.490 e. The van der Waals surface area contributed by atoms with Gasteiger partial charge in [0.15, 0.2) is 5.76 Å². The number of amides is 1. The standard InChI is InChI=1S/C23H25FN2O5S/c1-4-15-7-5-8-19(30-14(2)3)22(15)32(28,29)25-23(27)21-13-17-18(24)11-16(12-20(17)31-21)26-9-6-10-26/h5,7-8,11-14H,4,6,9-10H2,1-3H3,(H,25,27). The summed E-state index contributed by atoms with van der Waals surface area (Å²) in [7, 11) is -4.28. The Morgan fingerprint density at radius 2 is 2.00 bits per heavy atom. The number of nitrogens with zero attached hydrogens (tertiary/aromatic N) is 1. The van der Waals surface area contributed by atoms with Gasteiger partial charge in [-0.1, -0.05) is 19.1 Å². The van der Waals surface area contributed by atoms with Crippen molar-refractivity contribution < 1.29 is 26.8 Å². The molecule has 9 heteroatoms. The van der Waals surface area contributed by atoms with Gasteiger partial charge >= 0.3 is 5.91 Å². The molecule has 1 aliphatic heterocycles. The molecule has 1 amide bonds. The number of carbonyl (C=O) groups excluding carboxylic acids is 1. The van der Waals surface area contributed by atoms with Crippen molar-refractivity contribution in [2.45, 2.75) is 44.6 Å². The van der Waals surface area contributed by atoms with E-state index in [0.717, 1.165) is 19.5 Å². The van der Waals surface area contributed by atoms with Crippen LogP contribution in [-0.4, -0.2) is 33.5 Å². The summed E-state index contributed by atoms with van der Waals surface area (Å²) in [6.45, 7) is 7.03. The number of furan rings is 1. The monoisotopic (exact) mass is 460 g/mol. The molecule has 32 heavy (non-hydrogen) atoms. The number of hydrogen-bond acceptors (Lipinski definition) is 6. The van der Waals surface area contributed by atoms with Crippen molar-refractivity contribution in [1.29, 1.82) is 0 Å². The van der Waals surface area contributed by atoms with Crippen LogP contribution in [0.1, 0.15) is 43.3 Å². The molecule has 1 aromatic heterocycles. The molecule has 1 aliphatic rings. The van der Waals surface area contributed by atoms with Crippen molar-refractivity contribution in [3.8, 4) is 5.75 Å². The van der Waals surface area contributed by atoms with E-state index in [9.17, 15) is 17.6 Å². The molecule has 2 heterocycles. The molecule has 170 valence electrons. The first-order chi connectivity index (χ1) is 15.2. The Kier molecular flexibility index (Phi) is 5.85. The smallest absolute Gasteiger partial charge is 0.300 e. The molecule has 0 atom stereocenters. The highest BCUT2D eigenvalue weighted by Crippen LogP contribution is 2.32. The predicted molar refractivity (Wildman–Crippen MR) is 119 cm³/mol. The summed E-state index contributed by atoms with van der Waals surface area (Å²) < 4.78 is 54.1. The van der Waals surface area contributed by atoms with Crippen LogP contribution < -0.4 is 14.4 Å². The predicted octanol–water partition coefficient (Wildman–Crippen LogP) is 4.25. The number of halogens is 1. The van der Waals surface area contributed by atoms with Crippen molar-refractivity contribution in [2.75, 3.05) is 18.0 Å². The Morgan fingerprint density at radius 1 is 1.25 bits per heavy atom. The van der Waals surface area contributed by atoms with Crippen LogP contribution in [0.3, 0.4) is 0 Å². The van der Waals surface area contributed by atoms with Crippen molar-refractivity contribution >= 4 is 32.6 Å². The van der Waals surface area contributed by atoms with Crippen LogP contribution in [0.2, 0.25) is 0 Å². The van der Waals surface area contributed by atoms with Crippen LogP contribution in [0, 0.1) is 5.82 Å². The highest BCUT2D eigenvalue weighted by molar-refractivity contribution is 7.90. The van der Waals surface area contributed by atoms with Gasteiger partial charge in [0.2, 0.25) is 0 Å². The number of carbonyl (C=O) groups is 1. The maximum atomic E-state index is 14.6. The normalized spacial score (nSPS) is 14.0. The molecule has 1 N–H and O–H groups in total. The topological polar surface area (TPSA) is 88.8 Å². The van der Waals surface area contributed by atoms with Crippen LogP contribution in [0.4, 0.5) is 10.1 Å². The van der Waals surface area contributed by atoms with E-state index in [-0.39, 0.29) is 33.5 Å². The lowest BCUT2D eigenvalue weighted by molar-refractivity contribution is 0.0956. The Bertz CT molecular complexity index is 1280. The zero-order valence-electron chi connectivity index (χ0n) is 18.1. The molecule has 0 spiro atoms. The molecule has 0 aliphatic carbocycles. The number of rotatable bonds is 7. The lowest BCUT2D eigenvalue weighted by atomic mass is 10.1. The lowest BCUT2D eigenvalue weighted by Gasteiger charge is -2.33. The van der Waals surface area contributed by atoms with E-state index in [1.54, 1.807) is 38.1 Å². The summed E-state index contributed by atoms with van der Waals surface area (Å²) >= 11 is 0. The number of anilines is 1. The molecular weight excluding hydrogens is 435 g/mol. The van der Waals surface area contributed by atoms with Gasteiger partial charge in [-0.3, -0.25) is 4.79 Å². The number of nitrogens with one attached hydrogen (secondary N) is 1. The van der Waals surface area contributed by atoms with E-state index in [1.807, 2.05) is 16.5 Å². The van der Waals surface area contributed by atoms with E-state index in [0.29, 0.717) is 17.7 Å². The molecule has 1 fully saturated rings. The minimum absolute atomic E-state index is 0.0908. The second kappa shape index (κ2) is 8.46. The lowest BCUT2D eigenvalue weighted by Crippen LogP contribution is -2.36. The van der Waals surface area contributed by atoms with Gasteiger partial charge in [-0.05, 0) is 44.4 Å². The average molecular weight is 461 g/mol. The van der Waals surface area contributed by atoms with Gasteiger partial charge in [0.25, 0.3) is 10.0 Å². The fourth-order valence-electron chi connectivity index (χ4n) is 3.67. The number of benzene rings is 2. The Morgan fingerprint density at radius 3 is 2.62 bits per heavy atom. The number of ether oxygens (including phenoxy) is 1. The molecule has 3 aromatic rings. The Labute approximate surface area is 186 Å². The largest absolute Gasteiger partial charge is 0.490 e. The van der Waals surface area contributed by atoms with Gasteiger partial charge < -0.3 is 14.1 Å². The first-order valence-electron chi connectivity index (χ1n) is 10.5. The third-order valence-electron chi connectivity index (χ3n) is 5.32. The highest BCUT2D eigenvalue weighted by Gasteiger charge is 2.28. The zero-order valence-corrected chi connectivity index (χ0v) is 19.0. The summed E-state index contributed by atoms with van der Waals surface area (Å²) in [5.74, 6) is -1.63. The second-order valence-electron chi connectivity index (χ2n) is 7.99. The zero-order chi connectivity index (χ0) is 23.0. The summed E-state index contributed by atoms with van der Waals surface area (Å²) in [5.41, 5.74) is 1.37. The molecule has 0 bridgehead atoms. The van der Waals surface area contributed by atoms with Gasteiger partial charge in [0.1, 0.15) is 22.0 Å². The SMILES string of the molecule is CCc1cccc(OC(C)C)c1S(=O)(=O)NC(=O)c1cc2c(F)cc(N3CCC3)cc2o1. The van der Waals surface area contributed by atoms with Gasteiger partial charge in [-0.25, -0.2) is 17.5 Å². The number of hydrogen-bond donors (Lipinski definition) is 1. The third kappa shape index (κ3) is 4.17. The maximum Gasteiger partial charge on any atom is 0.300 e. The second-order valence-corrected chi connectivity index (χ2v) is 9.61. The molecule has 0 radical (unpaired) electrons. The fourth-order valence-corrected chi connectivity index (χ4v) is 5.05. The van der Waals surface area contributed by atoms with Gasteiger partial charge in [-0.2, -0.15) is 0 Å². The van der Waals surface area contributed by atoms with Gasteiger partial charge in [0.05, 0.1) is 11.5 Å². The van der Waals surface area contributed by atoms with Crippen molar-refractivity contribution in [3.63, 3.8) is 0 Å². The summed E-state index contributed by atoms with van der Waals surface area (Å²) in [6, 6.07) is 9.18. The number of sulfonamides is 1.